The van der Waals surface area contributed by atoms with E-state index in [2.05, 4.69) is 0 Å². The van der Waals surface area contributed by atoms with Gasteiger partial charge < -0.3 is 9.64 Å². The minimum Gasteiger partial charge on any atom is -0.378 e. The second kappa shape index (κ2) is 8.95. The number of morpholine rings is 1. The summed E-state index contributed by atoms with van der Waals surface area (Å²) in [5.41, 5.74) is 0.858. The van der Waals surface area contributed by atoms with Gasteiger partial charge in [0.15, 0.2) is 15.5 Å². The van der Waals surface area contributed by atoms with Crippen LogP contribution < -0.4 is 0 Å². The molecule has 35 heavy (non-hydrogen) atoms. The number of nitrogens with zero attached hydrogens (tertiary/aromatic N) is 4. The molecule has 4 heterocycles. The third-order valence-electron chi connectivity index (χ3n) is 6.48. The van der Waals surface area contributed by atoms with Gasteiger partial charge in [0.05, 0.1) is 36.3 Å². The van der Waals surface area contributed by atoms with Gasteiger partial charge in [0.25, 0.3) is 5.91 Å². The lowest BCUT2D eigenvalue weighted by atomic mass is 10.0. The number of aromatic nitrogens is 2. The van der Waals surface area contributed by atoms with Crippen LogP contribution in [0.15, 0.2) is 23.1 Å². The van der Waals surface area contributed by atoms with E-state index in [9.17, 15) is 17.6 Å². The Hall–Kier alpha value is -2.34. The first-order valence-electron chi connectivity index (χ1n) is 12.0. The first-order valence-corrected chi connectivity index (χ1v) is 13.6. The van der Waals surface area contributed by atoms with Crippen LogP contribution in [0.2, 0.25) is 0 Å². The molecule has 0 spiro atoms. The molecule has 1 unspecified atom stereocenters. The van der Waals surface area contributed by atoms with Crippen molar-refractivity contribution in [1.29, 1.82) is 0 Å². The van der Waals surface area contributed by atoms with Crippen LogP contribution in [0.3, 0.4) is 0 Å². The molecule has 0 bridgehead atoms. The Balaban J connectivity index is 1.63. The number of halogens is 1. The highest BCUT2D eigenvalue weighted by atomic mass is 32.2. The number of hydroxylamine groups is 2. The largest absolute Gasteiger partial charge is 0.378 e. The van der Waals surface area contributed by atoms with Crippen molar-refractivity contribution in [2.75, 3.05) is 39.4 Å². The number of benzene rings is 1. The summed E-state index contributed by atoms with van der Waals surface area (Å²) in [5, 5.41) is 6.63. The number of hydrogen-bond donors (Lipinski definition) is 0. The highest BCUT2D eigenvalue weighted by molar-refractivity contribution is 7.91. The van der Waals surface area contributed by atoms with Gasteiger partial charge in [-0.3, -0.25) is 14.3 Å². The molecule has 1 amide bonds. The van der Waals surface area contributed by atoms with E-state index in [1.165, 1.54) is 6.07 Å². The second-order valence-corrected chi connectivity index (χ2v) is 12.2. The molecule has 190 valence electrons. The molecule has 11 heteroatoms. The number of carbonyl (C=O) groups is 1. The van der Waals surface area contributed by atoms with Crippen LogP contribution in [-0.4, -0.2) is 79.1 Å². The van der Waals surface area contributed by atoms with Crippen LogP contribution >= 0.6 is 0 Å². The van der Waals surface area contributed by atoms with Crippen LogP contribution in [0.25, 0.3) is 11.3 Å². The number of hydrogen-bond acceptors (Lipinski definition) is 7. The Morgan fingerprint density at radius 3 is 2.66 bits per heavy atom. The normalized spacial score (nSPS) is 22.5. The van der Waals surface area contributed by atoms with Gasteiger partial charge in [0.2, 0.25) is 0 Å². The van der Waals surface area contributed by atoms with Crippen LogP contribution in [0.5, 0.6) is 0 Å². The molecule has 2 fully saturated rings. The molecule has 1 aromatic heterocycles. The number of carbonyl (C=O) groups excluding carboxylic acids is 1. The van der Waals surface area contributed by atoms with Crippen molar-refractivity contribution >= 4 is 15.7 Å². The summed E-state index contributed by atoms with van der Waals surface area (Å²) in [6.07, 6.45) is 1.62. The van der Waals surface area contributed by atoms with Gasteiger partial charge in [-0.25, -0.2) is 12.8 Å². The number of sulfone groups is 1. The Morgan fingerprint density at radius 1 is 1.20 bits per heavy atom. The van der Waals surface area contributed by atoms with E-state index in [1.54, 1.807) is 15.6 Å². The fourth-order valence-corrected chi connectivity index (χ4v) is 6.77. The molecule has 9 nitrogen and oxygen atoms in total. The topological polar surface area (TPSA) is 94.0 Å². The smallest absolute Gasteiger partial charge is 0.274 e. The molecule has 0 aliphatic carbocycles. The lowest BCUT2D eigenvalue weighted by molar-refractivity contribution is -0.240. The number of fused-ring (bicyclic) bond motifs is 3. The van der Waals surface area contributed by atoms with Crippen molar-refractivity contribution < 1.29 is 27.2 Å². The maximum Gasteiger partial charge on any atom is 0.274 e. The van der Waals surface area contributed by atoms with Crippen molar-refractivity contribution in [2.24, 2.45) is 0 Å². The summed E-state index contributed by atoms with van der Waals surface area (Å²) in [4.78, 5) is 20.9. The summed E-state index contributed by atoms with van der Waals surface area (Å²) in [7, 11) is -3.98. The third kappa shape index (κ3) is 4.62. The molecular formula is C24H31FN4O5S. The van der Waals surface area contributed by atoms with Crippen molar-refractivity contribution in [1.82, 2.24) is 19.7 Å². The molecule has 0 saturated carbocycles. The van der Waals surface area contributed by atoms with Gasteiger partial charge in [0.1, 0.15) is 10.7 Å². The van der Waals surface area contributed by atoms with Crippen molar-refractivity contribution in [3.8, 4) is 11.3 Å². The zero-order valence-electron chi connectivity index (χ0n) is 20.3. The Labute approximate surface area is 204 Å². The molecule has 1 aromatic carbocycles. The second-order valence-electron chi connectivity index (χ2n) is 10.3. The standard InChI is InChI=1S/C24H31FN4O5S/c1-24(2,3)34-28-9-5-6-16(14-28)29-21-17-7-4-8-19(25)22(17)35(31,32)15-18(21)20(26-29)23(30)27-10-12-33-13-11-27/h4,7-8,16H,5-6,9-15H2,1-3H3. The fraction of sp³-hybridized carbons (Fsp3) is 0.583. The van der Waals surface area contributed by atoms with E-state index >= 15 is 0 Å². The summed E-state index contributed by atoms with van der Waals surface area (Å²) >= 11 is 0. The first kappa shape index (κ1) is 24.4. The summed E-state index contributed by atoms with van der Waals surface area (Å²) in [5.74, 6) is -1.57. The van der Waals surface area contributed by atoms with E-state index in [4.69, 9.17) is 14.7 Å². The number of piperidine rings is 1. The van der Waals surface area contributed by atoms with Crippen LogP contribution in [0.4, 0.5) is 4.39 Å². The predicted molar refractivity (Wildman–Crippen MR) is 126 cm³/mol. The van der Waals surface area contributed by atoms with Crippen molar-refractivity contribution in [3.05, 3.63) is 35.3 Å². The van der Waals surface area contributed by atoms with Gasteiger partial charge in [-0.15, -0.1) is 0 Å². The Morgan fingerprint density at radius 2 is 1.94 bits per heavy atom. The Kier molecular flexibility index (Phi) is 6.23. The minimum absolute atomic E-state index is 0.120. The van der Waals surface area contributed by atoms with Gasteiger partial charge in [-0.2, -0.15) is 10.2 Å². The molecular weight excluding hydrogens is 475 g/mol. The molecule has 0 radical (unpaired) electrons. The fourth-order valence-electron chi connectivity index (χ4n) is 5.11. The van der Waals surface area contributed by atoms with Gasteiger partial charge in [-0.1, -0.05) is 12.1 Å². The molecule has 0 N–H and O–H groups in total. The molecule has 3 aliphatic rings. The van der Waals surface area contributed by atoms with Crippen molar-refractivity contribution in [3.63, 3.8) is 0 Å². The van der Waals surface area contributed by atoms with E-state index in [0.717, 1.165) is 25.5 Å². The summed E-state index contributed by atoms with van der Waals surface area (Å²) in [6.45, 7) is 8.89. The van der Waals surface area contributed by atoms with Crippen LogP contribution in [0, 0.1) is 5.82 Å². The number of ether oxygens (including phenoxy) is 1. The Bertz CT molecular complexity index is 1250. The highest BCUT2D eigenvalue weighted by Crippen LogP contribution is 2.43. The van der Waals surface area contributed by atoms with E-state index < -0.39 is 21.4 Å². The van der Waals surface area contributed by atoms with Crippen molar-refractivity contribution in [2.45, 2.75) is 55.9 Å². The minimum atomic E-state index is -3.98. The average Bonchev–Trinajstić information content (AvgIpc) is 3.16. The zero-order valence-corrected chi connectivity index (χ0v) is 21.1. The van der Waals surface area contributed by atoms with Crippen LogP contribution in [-0.2, 0) is 25.2 Å². The van der Waals surface area contributed by atoms with E-state index in [0.29, 0.717) is 44.1 Å². The maximum absolute atomic E-state index is 14.8. The van der Waals surface area contributed by atoms with E-state index in [-0.39, 0.29) is 33.7 Å². The van der Waals surface area contributed by atoms with Gasteiger partial charge in [0, 0.05) is 37.3 Å². The summed E-state index contributed by atoms with van der Waals surface area (Å²) < 4.78 is 48.2. The molecule has 1 atom stereocenters. The van der Waals surface area contributed by atoms with E-state index in [1.807, 2.05) is 25.8 Å². The molecule has 3 aliphatic heterocycles. The number of rotatable bonds is 3. The zero-order chi connectivity index (χ0) is 25.0. The predicted octanol–water partition coefficient (Wildman–Crippen LogP) is 2.82. The summed E-state index contributed by atoms with van der Waals surface area (Å²) in [6, 6.07) is 4.08. The molecule has 2 saturated heterocycles. The third-order valence-corrected chi connectivity index (χ3v) is 8.19. The highest BCUT2D eigenvalue weighted by Gasteiger charge is 2.40. The quantitative estimate of drug-likeness (QED) is 0.632. The number of amides is 1. The maximum atomic E-state index is 14.8. The monoisotopic (exact) mass is 506 g/mol. The first-order chi connectivity index (χ1) is 16.5. The van der Waals surface area contributed by atoms with Gasteiger partial charge in [-0.05, 0) is 39.7 Å². The molecule has 2 aromatic rings. The van der Waals surface area contributed by atoms with Crippen LogP contribution in [0.1, 0.15) is 55.7 Å². The van der Waals surface area contributed by atoms with Gasteiger partial charge >= 0.3 is 0 Å². The SMILES string of the molecule is CC(C)(C)ON1CCCC(n2nc(C(=O)N3CCOCC3)c3c2-c2cccc(F)c2S(=O)(=O)C3)C1. The molecule has 5 rings (SSSR count). The lowest BCUT2D eigenvalue weighted by Crippen LogP contribution is -2.42. The lowest BCUT2D eigenvalue weighted by Gasteiger charge is -2.37. The average molecular weight is 507 g/mol.